The summed E-state index contributed by atoms with van der Waals surface area (Å²) in [4.78, 5) is 18.4. The second kappa shape index (κ2) is 21.0. The van der Waals surface area contributed by atoms with Gasteiger partial charge in [0.2, 0.25) is 0 Å². The third kappa shape index (κ3) is 7.00. The number of fused-ring (bicyclic) bond motifs is 8. The molecule has 0 unspecified atom stereocenters. The topological polar surface area (TPSA) is 180 Å². The second-order valence-electron chi connectivity index (χ2n) is 37.1. The van der Waals surface area contributed by atoms with E-state index < -0.39 is 93.5 Å². The summed E-state index contributed by atoms with van der Waals surface area (Å²) < 4.78 is 5.99. The van der Waals surface area contributed by atoms with Crippen LogP contribution in [-0.2, 0) is 39.5 Å². The van der Waals surface area contributed by atoms with Gasteiger partial charge in [0.05, 0.1) is 37.9 Å². The lowest BCUT2D eigenvalue weighted by Gasteiger charge is -2.78. The summed E-state index contributed by atoms with van der Waals surface area (Å²) in [6.07, 6.45) is 28.6. The van der Waals surface area contributed by atoms with E-state index in [1.807, 2.05) is 35.1 Å². The molecular weight excluding hydrogens is 1330 g/mol. The number of hydrogen-bond acceptors (Lipinski definition) is 12. The number of rotatable bonds is 5. The highest BCUT2D eigenvalue weighted by Crippen LogP contribution is 2.86. The molecule has 0 radical (unpaired) electrons. The first-order valence-corrected chi connectivity index (χ1v) is 42.9. The first-order chi connectivity index (χ1) is 50.7. The van der Waals surface area contributed by atoms with E-state index in [-0.39, 0.29) is 99.4 Å². The molecule has 18 bridgehead atoms. The van der Waals surface area contributed by atoms with E-state index in [0.29, 0.717) is 30.4 Å². The lowest BCUT2D eigenvalue weighted by atomic mass is 9.27. The Bertz CT molecular complexity index is 4970. The molecule has 4 aromatic rings. The molecule has 20 aliphatic rings. The van der Waals surface area contributed by atoms with Gasteiger partial charge in [-0.15, -0.1) is 5.92 Å². The van der Waals surface area contributed by atoms with Crippen LogP contribution in [-0.4, -0.2) is 90.5 Å². The van der Waals surface area contributed by atoms with Crippen molar-refractivity contribution in [2.45, 2.75) is 211 Å². The molecule has 25 atom stereocenters. The minimum atomic E-state index is -1.35. The third-order valence-electron chi connectivity index (χ3n) is 34.8. The van der Waals surface area contributed by atoms with Gasteiger partial charge in [0.25, 0.3) is 0 Å². The molecule has 18 aliphatic carbocycles. The van der Waals surface area contributed by atoms with Crippen LogP contribution in [0.25, 0.3) is 5.57 Å². The van der Waals surface area contributed by atoms with Crippen LogP contribution >= 0.6 is 21.6 Å². The third-order valence-corrected chi connectivity index (χ3v) is 37.1. The van der Waals surface area contributed by atoms with E-state index in [2.05, 4.69) is 101 Å². The molecule has 0 aromatic heterocycles. The molecule has 12 heteroatoms. The van der Waals surface area contributed by atoms with E-state index in [4.69, 9.17) is 4.74 Å². The van der Waals surface area contributed by atoms with Crippen molar-refractivity contribution in [3.8, 4) is 46.7 Å². The van der Waals surface area contributed by atoms with Crippen LogP contribution in [0.2, 0.25) is 0 Å². The molecule has 532 valence electrons. The molecular formula is C92H93NO9S2. The summed E-state index contributed by atoms with van der Waals surface area (Å²) in [6, 6.07) is 19.6. The Morgan fingerprint density at radius 3 is 2.49 bits per heavy atom. The zero-order chi connectivity index (χ0) is 69.4. The Hall–Kier alpha value is -6.19. The molecule has 2 aliphatic heterocycles. The maximum Gasteiger partial charge on any atom is 0.160 e. The number of phenolic OH excluding ortho intramolecular Hbond substituents is 3. The van der Waals surface area contributed by atoms with E-state index in [9.17, 15) is 25.5 Å². The number of aliphatic hydroxyl groups excluding tert-OH is 4. The number of aliphatic hydroxyl groups is 4. The van der Waals surface area contributed by atoms with Gasteiger partial charge in [0, 0.05) is 99.5 Å². The number of aromatic hydroxyl groups is 3. The molecule has 1 saturated heterocycles. The second-order valence-corrected chi connectivity index (χ2v) is 39.6. The van der Waals surface area contributed by atoms with Crippen molar-refractivity contribution in [3.63, 3.8) is 0 Å². The molecule has 7 fully saturated rings. The fourth-order valence-corrected chi connectivity index (χ4v) is 34.6. The van der Waals surface area contributed by atoms with Gasteiger partial charge >= 0.3 is 0 Å². The Kier molecular flexibility index (Phi) is 12.7. The van der Waals surface area contributed by atoms with Crippen molar-refractivity contribution in [3.05, 3.63) is 180 Å². The van der Waals surface area contributed by atoms with Crippen molar-refractivity contribution in [1.82, 2.24) is 5.32 Å². The predicted molar refractivity (Wildman–Crippen MR) is 401 cm³/mol. The van der Waals surface area contributed by atoms with Gasteiger partial charge in [-0.1, -0.05) is 155 Å². The predicted octanol–water partition coefficient (Wildman–Crippen LogP) is 14.7. The van der Waals surface area contributed by atoms with Gasteiger partial charge in [-0.25, -0.2) is 0 Å². The first-order valence-electron chi connectivity index (χ1n) is 40.4. The summed E-state index contributed by atoms with van der Waals surface area (Å²) >= 11 is 0. The molecule has 104 heavy (non-hydrogen) atoms. The maximum atomic E-state index is 18.4. The Balaban J connectivity index is 0.901. The van der Waals surface area contributed by atoms with E-state index in [0.717, 1.165) is 148 Å². The number of carbonyl (C=O) groups excluding carboxylic acids is 1. The van der Waals surface area contributed by atoms with Gasteiger partial charge in [0.15, 0.2) is 23.0 Å². The minimum absolute atomic E-state index is 0.0465. The van der Waals surface area contributed by atoms with Crippen LogP contribution in [0.5, 0.6) is 23.0 Å². The van der Waals surface area contributed by atoms with E-state index in [1.54, 1.807) is 24.3 Å². The minimum Gasteiger partial charge on any atom is -0.504 e. The van der Waals surface area contributed by atoms with Crippen molar-refractivity contribution in [1.29, 1.82) is 0 Å². The molecule has 6 saturated carbocycles. The smallest absolute Gasteiger partial charge is 0.160 e. The van der Waals surface area contributed by atoms with Gasteiger partial charge in [-0.05, 0) is 238 Å². The fraction of sp³-hybridized carbons (Fsp3) is 0.554. The summed E-state index contributed by atoms with van der Waals surface area (Å²) in [5.74, 6) is 14.0. The fourth-order valence-electron chi connectivity index (χ4n) is 32.0. The lowest BCUT2D eigenvalue weighted by Crippen LogP contribution is -2.79. The van der Waals surface area contributed by atoms with Crippen molar-refractivity contribution in [2.75, 3.05) is 18.6 Å². The number of ether oxygens (including phenoxy) is 1. The van der Waals surface area contributed by atoms with Crippen LogP contribution in [0.15, 0.2) is 124 Å². The largest absolute Gasteiger partial charge is 0.504 e. The molecule has 10 nitrogen and oxygen atoms in total. The quantitative estimate of drug-likeness (QED) is 0.0411. The van der Waals surface area contributed by atoms with Crippen LogP contribution in [0.1, 0.15) is 202 Å². The lowest BCUT2D eigenvalue weighted by molar-refractivity contribution is -0.188. The van der Waals surface area contributed by atoms with Crippen LogP contribution < -0.4 is 10.1 Å². The number of carbonyl (C=O) groups is 1. The van der Waals surface area contributed by atoms with E-state index in [1.165, 1.54) is 44.6 Å². The Morgan fingerprint density at radius 2 is 1.63 bits per heavy atom. The Labute approximate surface area is 617 Å². The summed E-state index contributed by atoms with van der Waals surface area (Å²) in [6.45, 7) is -0.401. The number of ketones is 1. The maximum absolute atomic E-state index is 18.4. The molecule has 0 amide bonds. The van der Waals surface area contributed by atoms with E-state index >= 15 is 15.0 Å². The number of benzene rings is 4. The Morgan fingerprint density at radius 1 is 0.779 bits per heavy atom. The molecule has 7 spiro atoms. The van der Waals surface area contributed by atoms with Crippen LogP contribution in [0.4, 0.5) is 0 Å². The standard InChI is InChI=1S/C92H93NO9S2/c1-102-75-37-54(47(41-94)30-73(75)98)53-34-74(99)79-49-20-28-87-24-10-15-69-52(17-16-46(53)29-45-11-3-2-4-12-45)82(84(79)100)91-65-38-72(97)71(96)36-58(65)62-39-76(91)90-44-88(62)25-9-13-48(88)31-63(90)56-35-70(95)66-32-55(56)59(64(90)40-77(91)93-69)42-103-104-43-68(85(87)101)92-61(21-27-86(92)22-7-8-23-86)51-19-18-50-60-14-5-6-26-89(60,66)67-33-57(49)81(87)83(92)80(67)78(50)51/h2-4,11-12,19-20,28,30-33,36-38,46,48-49,52-53,56,60-62,64,68-70,76-77,79,82,84-85,93-98,100-101H,5-9,13-15,18,21-23,25-27,29,34-35,39-44H2,1H3/t46-,48-,49-,52-,53+,56+,60-,61-,62-,64-,68-,69+,70+,76-,77-,79-,82+,84+,85+,87+,88-,89+,90+,91+,92+/m1/s1. The number of allylic oxidation sites excluding steroid dienone is 9. The van der Waals surface area contributed by atoms with Crippen LogP contribution in [0.3, 0.4) is 0 Å². The molecule has 24 rings (SSSR count). The average Bonchev–Trinajstić information content (AvgIpc) is 1.18. The number of methoxy groups -OCH3 is 1. The van der Waals surface area contributed by atoms with Crippen molar-refractivity contribution >= 4 is 32.9 Å². The SMILES string of the molecule is COc1cc([C@H]2CC(=O)[C@@H]3[C@H](O)[C@@H]4[C@H](C#C[C@@H]2Cc2ccccc2)[C@@H]2CC#C[C@]56C=C[C@@H]3c3cc7c8c(c35)[C@@]35[C@H](CCC39CCCC9)C3=CCC(=C38)[C@H]3CCCC[C@]73C3=CC7=C(CSSC[C@@H]5[C@@H]6O)[C@H]5C[C@@H](N2)[C@@]42c4cc(O)c(O)cc4[C@H]4C[C@@H]2[C@]52C[C@@]45CCC[C@@H]5C=C2[C@H]7C[C@@H]3O)c(CO)cc1O. The van der Waals surface area contributed by atoms with Gasteiger partial charge in [0.1, 0.15) is 11.2 Å². The monoisotopic (exact) mass is 1420 g/mol. The van der Waals surface area contributed by atoms with Crippen molar-refractivity contribution in [2.24, 2.45) is 81.3 Å². The average molecular weight is 1420 g/mol. The number of Topliss-reactive ketones (excluding diaryl/α,β-unsaturated/α-hetero) is 1. The number of phenols is 3. The van der Waals surface area contributed by atoms with Gasteiger partial charge in [-0.3, -0.25) is 4.79 Å². The number of piperidine rings is 1. The van der Waals surface area contributed by atoms with Gasteiger partial charge < -0.3 is 45.8 Å². The first kappa shape index (κ1) is 62.8. The molecule has 8 N–H and O–H groups in total. The van der Waals surface area contributed by atoms with Crippen molar-refractivity contribution < 1.29 is 45.3 Å². The van der Waals surface area contributed by atoms with Gasteiger partial charge in [-0.2, -0.15) is 0 Å². The summed E-state index contributed by atoms with van der Waals surface area (Å²) in [5, 5.41) is 98.7. The zero-order valence-corrected chi connectivity index (χ0v) is 61.0. The highest BCUT2D eigenvalue weighted by molar-refractivity contribution is 8.76. The molecule has 2 heterocycles. The zero-order valence-electron chi connectivity index (χ0n) is 59.4. The normalized spacial score (nSPS) is 45.1. The molecule has 4 aromatic carbocycles. The van der Waals surface area contributed by atoms with Crippen LogP contribution in [0, 0.1) is 105 Å². The number of hydrogen-bond donors (Lipinski definition) is 8. The summed E-state index contributed by atoms with van der Waals surface area (Å²) in [5.41, 5.74) is 16.8. The highest BCUT2D eigenvalue weighted by atomic mass is 33.1. The summed E-state index contributed by atoms with van der Waals surface area (Å²) in [7, 11) is 5.63. The highest BCUT2D eigenvalue weighted by Gasteiger charge is 2.81. The number of nitrogens with one attached hydrogen (secondary N) is 1.